The van der Waals surface area contributed by atoms with Crippen molar-refractivity contribution in [2.45, 2.75) is 6.42 Å². The molecule has 0 fully saturated rings. The Morgan fingerprint density at radius 3 is 2.71 bits per heavy atom. The molecule has 0 aromatic heterocycles. The van der Waals surface area contributed by atoms with Gasteiger partial charge in [0.1, 0.15) is 0 Å². The summed E-state index contributed by atoms with van der Waals surface area (Å²) >= 11 is 11.6. The molecule has 1 rings (SSSR count). The molecule has 0 saturated carbocycles. The largest absolute Gasteiger partial charge is 0.465 e. The molecule has 14 heavy (non-hydrogen) atoms. The third-order valence-electron chi connectivity index (χ3n) is 1.69. The van der Waals surface area contributed by atoms with Crippen LogP contribution in [-0.2, 0) is 6.42 Å². The van der Waals surface area contributed by atoms with Gasteiger partial charge in [-0.1, -0.05) is 29.3 Å². The molecule has 0 heterocycles. The lowest BCUT2D eigenvalue weighted by atomic mass is 10.1. The van der Waals surface area contributed by atoms with E-state index < -0.39 is 6.09 Å². The van der Waals surface area contributed by atoms with E-state index in [1.807, 2.05) is 0 Å². The average Bonchev–Trinajstić information content (AvgIpc) is 2.08. The second kappa shape index (κ2) is 5.08. The molecule has 0 bridgehead atoms. The van der Waals surface area contributed by atoms with E-state index in [0.717, 1.165) is 5.56 Å². The summed E-state index contributed by atoms with van der Waals surface area (Å²) in [4.78, 5) is 10.2. The summed E-state index contributed by atoms with van der Waals surface area (Å²) in [5.74, 6) is 0. The third-order valence-corrected chi connectivity index (χ3v) is 2.27. The van der Waals surface area contributed by atoms with Gasteiger partial charge in [-0.25, -0.2) is 4.79 Å². The zero-order valence-corrected chi connectivity index (χ0v) is 8.77. The first-order valence-electron chi connectivity index (χ1n) is 4.00. The van der Waals surface area contributed by atoms with E-state index >= 15 is 0 Å². The van der Waals surface area contributed by atoms with Gasteiger partial charge >= 0.3 is 6.09 Å². The fourth-order valence-corrected chi connectivity index (χ4v) is 1.53. The Bertz CT molecular complexity index is 342. The quantitative estimate of drug-likeness (QED) is 0.844. The molecule has 0 atom stereocenters. The molecule has 0 saturated heterocycles. The van der Waals surface area contributed by atoms with Crippen LogP contribution in [0.1, 0.15) is 5.56 Å². The van der Waals surface area contributed by atoms with E-state index in [2.05, 4.69) is 5.32 Å². The topological polar surface area (TPSA) is 49.3 Å². The fraction of sp³-hybridized carbons (Fsp3) is 0.222. The van der Waals surface area contributed by atoms with Crippen molar-refractivity contribution in [2.75, 3.05) is 6.54 Å². The van der Waals surface area contributed by atoms with Crippen LogP contribution in [0.3, 0.4) is 0 Å². The monoisotopic (exact) mass is 233 g/mol. The summed E-state index contributed by atoms with van der Waals surface area (Å²) in [6.45, 7) is 0.344. The first kappa shape index (κ1) is 11.1. The maximum atomic E-state index is 10.2. The van der Waals surface area contributed by atoms with Crippen LogP contribution in [0.2, 0.25) is 10.0 Å². The molecule has 0 radical (unpaired) electrons. The molecule has 1 aromatic carbocycles. The van der Waals surface area contributed by atoms with E-state index in [1.165, 1.54) is 0 Å². The highest BCUT2D eigenvalue weighted by Gasteiger charge is 2.01. The van der Waals surface area contributed by atoms with Gasteiger partial charge in [0.25, 0.3) is 0 Å². The highest BCUT2D eigenvalue weighted by atomic mass is 35.5. The summed E-state index contributed by atoms with van der Waals surface area (Å²) in [5.41, 5.74) is 0.879. The number of hydrogen-bond acceptors (Lipinski definition) is 1. The predicted octanol–water partition coefficient (Wildman–Crippen LogP) is 2.80. The molecule has 5 heteroatoms. The zero-order valence-electron chi connectivity index (χ0n) is 7.26. The normalized spacial score (nSPS) is 9.86. The van der Waals surface area contributed by atoms with E-state index in [1.54, 1.807) is 18.2 Å². The molecule has 0 aliphatic carbocycles. The van der Waals surface area contributed by atoms with Crippen molar-refractivity contribution in [1.82, 2.24) is 5.32 Å². The summed E-state index contributed by atoms with van der Waals surface area (Å²) in [5, 5.41) is 11.7. The Balaban J connectivity index is 2.55. The molecule has 0 unspecified atom stereocenters. The van der Waals surface area contributed by atoms with Gasteiger partial charge in [-0.2, -0.15) is 0 Å². The van der Waals surface area contributed by atoms with Crippen LogP contribution >= 0.6 is 23.2 Å². The minimum absolute atomic E-state index is 0.344. The van der Waals surface area contributed by atoms with E-state index in [0.29, 0.717) is 23.0 Å². The van der Waals surface area contributed by atoms with Crippen molar-refractivity contribution >= 4 is 29.3 Å². The summed E-state index contributed by atoms with van der Waals surface area (Å²) in [6, 6.07) is 5.15. The SMILES string of the molecule is O=C(O)NCCc1ccc(Cl)cc1Cl. The standard InChI is InChI=1S/C9H9Cl2NO2/c10-7-2-1-6(8(11)5-7)3-4-12-9(13)14/h1-2,5,12H,3-4H2,(H,13,14). The van der Waals surface area contributed by atoms with Crippen molar-refractivity contribution in [3.8, 4) is 0 Å². The lowest BCUT2D eigenvalue weighted by Gasteiger charge is -2.04. The van der Waals surface area contributed by atoms with Gasteiger partial charge in [0, 0.05) is 16.6 Å². The number of hydrogen-bond donors (Lipinski definition) is 2. The predicted molar refractivity (Wildman–Crippen MR) is 56.2 cm³/mol. The number of nitrogens with one attached hydrogen (secondary N) is 1. The van der Waals surface area contributed by atoms with Gasteiger partial charge in [-0.3, -0.25) is 0 Å². The van der Waals surface area contributed by atoms with E-state index in [9.17, 15) is 4.79 Å². The van der Waals surface area contributed by atoms with Crippen LogP contribution in [0.4, 0.5) is 4.79 Å². The van der Waals surface area contributed by atoms with Crippen LogP contribution in [-0.4, -0.2) is 17.7 Å². The molecule has 0 aliphatic heterocycles. The van der Waals surface area contributed by atoms with Crippen molar-refractivity contribution in [3.63, 3.8) is 0 Å². The van der Waals surface area contributed by atoms with Gasteiger partial charge in [-0.15, -0.1) is 0 Å². The minimum Gasteiger partial charge on any atom is -0.465 e. The van der Waals surface area contributed by atoms with Crippen LogP contribution in [0.25, 0.3) is 0 Å². The first-order chi connectivity index (χ1) is 6.59. The fourth-order valence-electron chi connectivity index (χ4n) is 1.03. The summed E-state index contributed by atoms with van der Waals surface area (Å²) in [7, 11) is 0. The van der Waals surface area contributed by atoms with Crippen LogP contribution in [0, 0.1) is 0 Å². The lowest BCUT2D eigenvalue weighted by molar-refractivity contribution is 0.194. The zero-order chi connectivity index (χ0) is 10.6. The molecule has 1 amide bonds. The number of carboxylic acid groups (broad SMARTS) is 1. The number of carbonyl (C=O) groups is 1. The minimum atomic E-state index is -1.03. The molecular weight excluding hydrogens is 225 g/mol. The van der Waals surface area contributed by atoms with Crippen molar-refractivity contribution in [2.24, 2.45) is 0 Å². The highest BCUT2D eigenvalue weighted by Crippen LogP contribution is 2.20. The number of halogens is 2. The van der Waals surface area contributed by atoms with Gasteiger partial charge in [0.05, 0.1) is 0 Å². The van der Waals surface area contributed by atoms with Gasteiger partial charge in [0.15, 0.2) is 0 Å². The third kappa shape index (κ3) is 3.44. The maximum Gasteiger partial charge on any atom is 0.404 e. The number of rotatable bonds is 3. The molecule has 0 spiro atoms. The van der Waals surface area contributed by atoms with E-state index in [4.69, 9.17) is 28.3 Å². The van der Waals surface area contributed by atoms with Crippen molar-refractivity contribution < 1.29 is 9.90 Å². The van der Waals surface area contributed by atoms with Crippen LogP contribution < -0.4 is 5.32 Å². The Labute approximate surface area is 91.6 Å². The van der Waals surface area contributed by atoms with Gasteiger partial charge < -0.3 is 10.4 Å². The van der Waals surface area contributed by atoms with Crippen LogP contribution in [0.5, 0.6) is 0 Å². The Morgan fingerprint density at radius 1 is 1.43 bits per heavy atom. The number of amides is 1. The Kier molecular flexibility index (Phi) is 4.04. The van der Waals surface area contributed by atoms with E-state index in [-0.39, 0.29) is 0 Å². The highest BCUT2D eigenvalue weighted by molar-refractivity contribution is 6.35. The second-order valence-corrected chi connectivity index (χ2v) is 3.56. The van der Waals surface area contributed by atoms with Gasteiger partial charge in [-0.05, 0) is 24.1 Å². The molecule has 76 valence electrons. The Morgan fingerprint density at radius 2 is 2.14 bits per heavy atom. The average molecular weight is 234 g/mol. The summed E-state index contributed by atoms with van der Waals surface area (Å²) < 4.78 is 0. The van der Waals surface area contributed by atoms with Gasteiger partial charge in [0.2, 0.25) is 0 Å². The second-order valence-electron chi connectivity index (χ2n) is 2.72. The molecule has 2 N–H and O–H groups in total. The van der Waals surface area contributed by atoms with Crippen molar-refractivity contribution in [1.29, 1.82) is 0 Å². The molecule has 1 aromatic rings. The first-order valence-corrected chi connectivity index (χ1v) is 4.76. The maximum absolute atomic E-state index is 10.2. The van der Waals surface area contributed by atoms with Crippen molar-refractivity contribution in [3.05, 3.63) is 33.8 Å². The lowest BCUT2D eigenvalue weighted by Crippen LogP contribution is -2.23. The Hall–Kier alpha value is -0.930. The number of benzene rings is 1. The smallest absolute Gasteiger partial charge is 0.404 e. The van der Waals surface area contributed by atoms with Crippen LogP contribution in [0.15, 0.2) is 18.2 Å². The summed E-state index contributed by atoms with van der Waals surface area (Å²) in [6.07, 6.45) is -0.474. The molecule has 0 aliphatic rings. The molecular formula is C9H9Cl2NO2. The molecule has 3 nitrogen and oxygen atoms in total.